The maximum atomic E-state index is 5.72. The van der Waals surface area contributed by atoms with Crippen molar-refractivity contribution in [2.45, 2.75) is 32.1 Å². The van der Waals surface area contributed by atoms with Crippen LogP contribution < -0.4 is 4.74 Å². The van der Waals surface area contributed by atoms with Gasteiger partial charge in [-0.15, -0.1) is 11.6 Å². The summed E-state index contributed by atoms with van der Waals surface area (Å²) in [7, 11) is 0. The minimum atomic E-state index is 0.453. The number of ether oxygens (including phenoxy) is 1. The van der Waals surface area contributed by atoms with Crippen LogP contribution in [0, 0.1) is 12.8 Å². The molecule has 2 rings (SSSR count). The standard InChI is InChI=1S/C11H15ClN2O/c1-8-10(6-12)7-13-11(14-8)15-5-4-9-2-3-9/h7,9H,2-6H2,1H3. The third kappa shape index (κ3) is 3.06. The third-order valence-corrected chi connectivity index (χ3v) is 2.94. The van der Waals surface area contributed by atoms with E-state index in [2.05, 4.69) is 9.97 Å². The number of hydrogen-bond donors (Lipinski definition) is 0. The van der Waals surface area contributed by atoms with Crippen LogP contribution in [0.3, 0.4) is 0 Å². The molecule has 15 heavy (non-hydrogen) atoms. The second kappa shape index (κ2) is 4.79. The summed E-state index contributed by atoms with van der Waals surface area (Å²) in [6, 6.07) is 0.474. The Labute approximate surface area is 94.8 Å². The number of hydrogen-bond acceptors (Lipinski definition) is 3. The first-order valence-corrected chi connectivity index (χ1v) is 5.84. The molecule has 0 radical (unpaired) electrons. The molecule has 0 spiro atoms. The van der Waals surface area contributed by atoms with E-state index in [0.29, 0.717) is 11.9 Å². The zero-order valence-electron chi connectivity index (χ0n) is 8.87. The molecule has 3 nitrogen and oxygen atoms in total. The van der Waals surface area contributed by atoms with Gasteiger partial charge >= 0.3 is 6.01 Å². The van der Waals surface area contributed by atoms with Crippen LogP contribution >= 0.6 is 11.6 Å². The van der Waals surface area contributed by atoms with Gasteiger partial charge in [0.2, 0.25) is 0 Å². The Morgan fingerprint density at radius 1 is 1.53 bits per heavy atom. The fraction of sp³-hybridized carbons (Fsp3) is 0.636. The van der Waals surface area contributed by atoms with Crippen LogP contribution in [0.15, 0.2) is 6.20 Å². The minimum absolute atomic E-state index is 0.453. The van der Waals surface area contributed by atoms with E-state index in [1.54, 1.807) is 6.20 Å². The molecular formula is C11H15ClN2O. The molecule has 1 saturated carbocycles. The van der Waals surface area contributed by atoms with Crippen molar-refractivity contribution in [1.29, 1.82) is 0 Å². The van der Waals surface area contributed by atoms with Gasteiger partial charge in [0, 0.05) is 17.5 Å². The second-order valence-corrected chi connectivity index (χ2v) is 4.24. The first-order chi connectivity index (χ1) is 7.29. The number of alkyl halides is 1. The van der Waals surface area contributed by atoms with Crippen molar-refractivity contribution in [3.8, 4) is 6.01 Å². The fourth-order valence-corrected chi connectivity index (χ4v) is 1.66. The van der Waals surface area contributed by atoms with Crippen LogP contribution in [0.4, 0.5) is 0 Å². The second-order valence-electron chi connectivity index (χ2n) is 3.98. The number of rotatable bonds is 5. The summed E-state index contributed by atoms with van der Waals surface area (Å²) < 4.78 is 5.47. The Morgan fingerprint density at radius 3 is 2.93 bits per heavy atom. The van der Waals surface area contributed by atoms with Gasteiger partial charge in [0.05, 0.1) is 12.5 Å². The Balaban J connectivity index is 1.87. The van der Waals surface area contributed by atoms with Gasteiger partial charge in [-0.3, -0.25) is 0 Å². The summed E-state index contributed by atoms with van der Waals surface area (Å²) in [6.07, 6.45) is 5.57. The summed E-state index contributed by atoms with van der Waals surface area (Å²) in [5, 5.41) is 0. The third-order valence-electron chi connectivity index (χ3n) is 2.66. The number of aryl methyl sites for hydroxylation is 1. The van der Waals surface area contributed by atoms with Gasteiger partial charge in [-0.25, -0.2) is 9.97 Å². The lowest BCUT2D eigenvalue weighted by Gasteiger charge is -2.05. The van der Waals surface area contributed by atoms with Gasteiger partial charge in [-0.2, -0.15) is 0 Å². The van der Waals surface area contributed by atoms with E-state index in [1.807, 2.05) is 6.92 Å². The molecule has 1 aromatic rings. The molecule has 0 bridgehead atoms. The normalized spacial score (nSPS) is 15.3. The topological polar surface area (TPSA) is 35.0 Å². The van der Waals surface area contributed by atoms with E-state index in [4.69, 9.17) is 16.3 Å². The van der Waals surface area contributed by atoms with Crippen molar-refractivity contribution in [2.75, 3.05) is 6.61 Å². The van der Waals surface area contributed by atoms with Crippen LogP contribution in [0.1, 0.15) is 30.5 Å². The van der Waals surface area contributed by atoms with Gasteiger partial charge in [-0.1, -0.05) is 12.8 Å². The molecule has 0 atom stereocenters. The van der Waals surface area contributed by atoms with Gasteiger partial charge in [0.1, 0.15) is 0 Å². The molecule has 4 heteroatoms. The SMILES string of the molecule is Cc1nc(OCCC2CC2)ncc1CCl. The first-order valence-electron chi connectivity index (χ1n) is 5.31. The summed E-state index contributed by atoms with van der Waals surface area (Å²) >= 11 is 5.72. The molecule has 0 N–H and O–H groups in total. The fourth-order valence-electron chi connectivity index (χ4n) is 1.39. The average Bonchev–Trinajstić information content (AvgIpc) is 3.02. The van der Waals surface area contributed by atoms with Crippen LogP contribution in [0.2, 0.25) is 0 Å². The van der Waals surface area contributed by atoms with Crippen molar-refractivity contribution in [1.82, 2.24) is 9.97 Å². The van der Waals surface area contributed by atoms with E-state index in [1.165, 1.54) is 12.8 Å². The molecule has 1 fully saturated rings. The van der Waals surface area contributed by atoms with Crippen molar-refractivity contribution in [3.05, 3.63) is 17.5 Å². The van der Waals surface area contributed by atoms with E-state index in [9.17, 15) is 0 Å². The zero-order chi connectivity index (χ0) is 10.7. The Morgan fingerprint density at radius 2 is 2.33 bits per heavy atom. The highest BCUT2D eigenvalue weighted by Crippen LogP contribution is 2.32. The maximum Gasteiger partial charge on any atom is 0.316 e. The highest BCUT2D eigenvalue weighted by molar-refractivity contribution is 6.17. The molecule has 0 unspecified atom stereocenters. The minimum Gasteiger partial charge on any atom is -0.463 e. The van der Waals surface area contributed by atoms with Gasteiger partial charge < -0.3 is 4.74 Å². The molecule has 1 heterocycles. The molecule has 0 saturated heterocycles. The summed E-state index contributed by atoms with van der Waals surface area (Å²) in [5.41, 5.74) is 1.87. The maximum absolute atomic E-state index is 5.72. The Kier molecular flexibility index (Phi) is 3.41. The molecule has 0 aliphatic heterocycles. The van der Waals surface area contributed by atoms with Gasteiger partial charge in [0.15, 0.2) is 0 Å². The lowest BCUT2D eigenvalue weighted by atomic mass is 10.3. The van der Waals surface area contributed by atoms with Crippen molar-refractivity contribution in [2.24, 2.45) is 5.92 Å². The number of halogens is 1. The predicted octanol–water partition coefficient (Wildman–Crippen LogP) is 2.70. The number of nitrogens with zero attached hydrogens (tertiary/aromatic N) is 2. The Bertz CT molecular complexity index is 339. The van der Waals surface area contributed by atoms with Crippen LogP contribution in [0.25, 0.3) is 0 Å². The molecule has 0 aromatic carbocycles. The predicted molar refractivity (Wildman–Crippen MR) is 59.2 cm³/mol. The highest BCUT2D eigenvalue weighted by Gasteiger charge is 2.20. The van der Waals surface area contributed by atoms with Crippen LogP contribution in [-0.4, -0.2) is 16.6 Å². The molecule has 82 valence electrons. The summed E-state index contributed by atoms with van der Waals surface area (Å²) in [5.74, 6) is 1.34. The van der Waals surface area contributed by atoms with Crippen molar-refractivity contribution < 1.29 is 4.74 Å². The van der Waals surface area contributed by atoms with Crippen LogP contribution in [0.5, 0.6) is 6.01 Å². The Hall–Kier alpha value is -0.830. The van der Waals surface area contributed by atoms with E-state index in [0.717, 1.165) is 30.2 Å². The number of aromatic nitrogens is 2. The molecule has 1 aliphatic rings. The summed E-state index contributed by atoms with van der Waals surface area (Å²) in [6.45, 7) is 2.65. The monoisotopic (exact) mass is 226 g/mol. The largest absolute Gasteiger partial charge is 0.463 e. The smallest absolute Gasteiger partial charge is 0.316 e. The quantitative estimate of drug-likeness (QED) is 0.725. The van der Waals surface area contributed by atoms with Crippen LogP contribution in [-0.2, 0) is 5.88 Å². The molecule has 1 aliphatic carbocycles. The van der Waals surface area contributed by atoms with E-state index >= 15 is 0 Å². The molecular weight excluding hydrogens is 212 g/mol. The van der Waals surface area contributed by atoms with E-state index in [-0.39, 0.29) is 0 Å². The highest BCUT2D eigenvalue weighted by atomic mass is 35.5. The lowest BCUT2D eigenvalue weighted by Crippen LogP contribution is -2.03. The molecule has 1 aromatic heterocycles. The first kappa shape index (κ1) is 10.7. The average molecular weight is 227 g/mol. The van der Waals surface area contributed by atoms with Crippen molar-refractivity contribution in [3.63, 3.8) is 0 Å². The molecule has 0 amide bonds. The zero-order valence-corrected chi connectivity index (χ0v) is 9.63. The lowest BCUT2D eigenvalue weighted by molar-refractivity contribution is 0.278. The van der Waals surface area contributed by atoms with E-state index < -0.39 is 0 Å². The summed E-state index contributed by atoms with van der Waals surface area (Å²) in [4.78, 5) is 8.35. The van der Waals surface area contributed by atoms with Gasteiger partial charge in [-0.05, 0) is 19.3 Å². The van der Waals surface area contributed by atoms with Gasteiger partial charge in [0.25, 0.3) is 0 Å². The van der Waals surface area contributed by atoms with Crippen molar-refractivity contribution >= 4 is 11.6 Å².